The SMILES string of the molecule is CCCC1C(=O)NC(C2CCCCCC2)C(=O)N[C@@H](CN)C(=O)NC(COC2CCOC(CN)C2)C(=O)N[C@H](C)CO[C@H](CC2CC3(CCC3)C2)C(C)C(=O)N1C. The van der Waals surface area contributed by atoms with Crippen molar-refractivity contribution in [1.29, 1.82) is 0 Å². The molecular weight excluding hydrogens is 731 g/mol. The normalized spacial score (nSPS) is 34.7. The molecule has 3 aliphatic carbocycles. The minimum absolute atomic E-state index is 0.123. The van der Waals surface area contributed by atoms with Crippen LogP contribution in [0.25, 0.3) is 0 Å². The number of nitrogens with one attached hydrogen (secondary N) is 4. The summed E-state index contributed by atoms with van der Waals surface area (Å²) >= 11 is 0. The third-order valence-electron chi connectivity index (χ3n) is 13.5. The van der Waals surface area contributed by atoms with Crippen molar-refractivity contribution in [3.63, 3.8) is 0 Å². The second-order valence-corrected chi connectivity index (χ2v) is 18.0. The summed E-state index contributed by atoms with van der Waals surface area (Å²) in [6.45, 7) is 6.26. The summed E-state index contributed by atoms with van der Waals surface area (Å²) in [6, 6.07) is -4.53. The van der Waals surface area contributed by atoms with Crippen molar-refractivity contribution in [2.24, 2.45) is 34.6 Å². The maximum atomic E-state index is 14.4. The highest BCUT2D eigenvalue weighted by Crippen LogP contribution is 2.60. The van der Waals surface area contributed by atoms with E-state index in [0.717, 1.165) is 51.4 Å². The number of rotatable bonds is 10. The van der Waals surface area contributed by atoms with Crippen molar-refractivity contribution < 1.29 is 38.2 Å². The predicted molar refractivity (Wildman–Crippen MR) is 215 cm³/mol. The molecule has 0 aromatic heterocycles. The molecule has 5 fully saturated rings. The average molecular weight is 804 g/mol. The van der Waals surface area contributed by atoms with E-state index in [0.29, 0.717) is 56.6 Å². The molecule has 57 heavy (non-hydrogen) atoms. The van der Waals surface area contributed by atoms with Crippen LogP contribution in [0.2, 0.25) is 0 Å². The molecule has 15 nitrogen and oxygen atoms in total. The summed E-state index contributed by atoms with van der Waals surface area (Å²) < 4.78 is 18.4. The Kier molecular flexibility index (Phi) is 17.0. The summed E-state index contributed by atoms with van der Waals surface area (Å²) in [4.78, 5) is 72.3. The molecule has 0 aromatic rings. The Bertz CT molecular complexity index is 1350. The molecule has 0 bridgehead atoms. The molecule has 9 atom stereocenters. The lowest BCUT2D eigenvalue weighted by Gasteiger charge is -2.55. The van der Waals surface area contributed by atoms with Crippen LogP contribution >= 0.6 is 0 Å². The van der Waals surface area contributed by atoms with E-state index >= 15 is 0 Å². The number of amides is 5. The van der Waals surface area contributed by atoms with Gasteiger partial charge in [-0.25, -0.2) is 0 Å². The standard InChI is InChI=1S/C42H73N7O8/c1-5-11-34-39(52)48-36(29-12-8-6-7-9-13-29)40(53)46-32(23-44)37(50)47-33(25-56-30-14-17-55-31(19-30)22-43)38(51)45-26(2)24-57-35(27(3)41(54)49(34)4)18-28-20-42(21-28)15-10-16-42/h26-36H,5-25,43-44H2,1-4H3,(H,45,51)(H,46,53)(H,47,50)(H,48,52)/t26-,27?,30?,31?,32+,33?,34?,35-,36?/m1/s1. The van der Waals surface area contributed by atoms with Gasteiger partial charge in [0.05, 0.1) is 37.4 Å². The lowest BCUT2D eigenvalue weighted by molar-refractivity contribution is -0.148. The smallest absolute Gasteiger partial charge is 0.245 e. The van der Waals surface area contributed by atoms with E-state index in [1.54, 1.807) is 7.05 Å². The van der Waals surface area contributed by atoms with Crippen LogP contribution in [0.3, 0.4) is 0 Å². The van der Waals surface area contributed by atoms with Gasteiger partial charge in [-0.2, -0.15) is 0 Å². The first-order valence-corrected chi connectivity index (χ1v) is 22.1. The number of nitrogens with zero attached hydrogens (tertiary/aromatic N) is 1. The first-order valence-electron chi connectivity index (χ1n) is 22.1. The number of carbonyl (C=O) groups is 5. The zero-order chi connectivity index (χ0) is 41.1. The maximum absolute atomic E-state index is 14.4. The molecule has 1 spiro atoms. The molecule has 5 aliphatic rings. The second kappa shape index (κ2) is 21.4. The minimum atomic E-state index is -1.19. The van der Waals surface area contributed by atoms with Crippen molar-refractivity contribution in [2.75, 3.05) is 40.0 Å². The van der Waals surface area contributed by atoms with Crippen molar-refractivity contribution in [1.82, 2.24) is 26.2 Å². The number of hydrogen-bond acceptors (Lipinski definition) is 10. The van der Waals surface area contributed by atoms with E-state index in [1.165, 1.54) is 24.2 Å². The topological polar surface area (TPSA) is 216 Å². The molecule has 2 aliphatic heterocycles. The first-order chi connectivity index (χ1) is 27.4. The second-order valence-electron chi connectivity index (χ2n) is 18.0. The fourth-order valence-corrected chi connectivity index (χ4v) is 9.86. The summed E-state index contributed by atoms with van der Waals surface area (Å²) in [5.74, 6) is -2.52. The molecule has 0 radical (unpaired) electrons. The highest BCUT2D eigenvalue weighted by Gasteiger charge is 2.49. The summed E-state index contributed by atoms with van der Waals surface area (Å²) in [5.41, 5.74) is 12.4. The quantitative estimate of drug-likeness (QED) is 0.177. The van der Waals surface area contributed by atoms with Gasteiger partial charge in [0.25, 0.3) is 0 Å². The van der Waals surface area contributed by atoms with E-state index in [1.807, 2.05) is 20.8 Å². The molecule has 6 unspecified atom stereocenters. The van der Waals surface area contributed by atoms with Crippen molar-refractivity contribution in [3.05, 3.63) is 0 Å². The number of hydrogen-bond donors (Lipinski definition) is 6. The zero-order valence-corrected chi connectivity index (χ0v) is 35.1. The van der Waals surface area contributed by atoms with Crippen LogP contribution in [0.5, 0.6) is 0 Å². The highest BCUT2D eigenvalue weighted by atomic mass is 16.5. The van der Waals surface area contributed by atoms with Gasteiger partial charge in [-0.1, -0.05) is 52.4 Å². The largest absolute Gasteiger partial charge is 0.377 e. The van der Waals surface area contributed by atoms with Crippen molar-refractivity contribution >= 4 is 29.5 Å². The van der Waals surface area contributed by atoms with Gasteiger partial charge in [0, 0.05) is 39.2 Å². The number of carbonyl (C=O) groups excluding carboxylic acids is 5. The van der Waals surface area contributed by atoms with Gasteiger partial charge in [0.15, 0.2) is 0 Å². The fraction of sp³-hybridized carbons (Fsp3) is 0.881. The molecule has 0 aromatic carbocycles. The zero-order valence-electron chi connectivity index (χ0n) is 35.1. The third kappa shape index (κ3) is 12.1. The molecular formula is C42H73N7O8. The Morgan fingerprint density at radius 1 is 0.807 bits per heavy atom. The molecule has 8 N–H and O–H groups in total. The van der Waals surface area contributed by atoms with Crippen molar-refractivity contribution in [3.8, 4) is 0 Å². The van der Waals surface area contributed by atoms with Crippen LogP contribution in [0.4, 0.5) is 0 Å². The van der Waals surface area contributed by atoms with Crippen LogP contribution in [0.1, 0.15) is 124 Å². The Morgan fingerprint density at radius 3 is 2.12 bits per heavy atom. The average Bonchev–Trinajstić information content (AvgIpc) is 3.46. The number of likely N-dealkylation sites (N-methyl/N-ethyl adjacent to an activating group) is 1. The van der Waals surface area contributed by atoms with Crippen LogP contribution in [-0.2, 0) is 38.2 Å². The van der Waals surface area contributed by atoms with Gasteiger partial charge in [-0.15, -0.1) is 0 Å². The van der Waals surface area contributed by atoms with Crippen molar-refractivity contribution in [2.45, 2.75) is 172 Å². The molecule has 2 saturated heterocycles. The third-order valence-corrected chi connectivity index (χ3v) is 13.5. The highest BCUT2D eigenvalue weighted by molar-refractivity contribution is 5.96. The molecule has 5 amide bonds. The summed E-state index contributed by atoms with van der Waals surface area (Å²) in [6.07, 6.45) is 13.6. The summed E-state index contributed by atoms with van der Waals surface area (Å²) in [5, 5.41) is 11.7. The van der Waals surface area contributed by atoms with Crippen LogP contribution in [-0.4, -0.2) is 123 Å². The van der Waals surface area contributed by atoms with Gasteiger partial charge in [0.2, 0.25) is 29.5 Å². The minimum Gasteiger partial charge on any atom is -0.377 e. The van der Waals surface area contributed by atoms with Gasteiger partial charge in [0.1, 0.15) is 24.2 Å². The van der Waals surface area contributed by atoms with E-state index in [9.17, 15) is 24.0 Å². The van der Waals surface area contributed by atoms with E-state index in [-0.39, 0.29) is 43.8 Å². The molecule has 2 heterocycles. The van der Waals surface area contributed by atoms with E-state index in [2.05, 4.69) is 21.3 Å². The molecule has 324 valence electrons. The number of ether oxygens (including phenoxy) is 3. The van der Waals surface area contributed by atoms with Crippen LogP contribution in [0.15, 0.2) is 0 Å². The van der Waals surface area contributed by atoms with Crippen LogP contribution in [0, 0.1) is 23.2 Å². The van der Waals surface area contributed by atoms with Gasteiger partial charge < -0.3 is 51.8 Å². The maximum Gasteiger partial charge on any atom is 0.245 e. The Hall–Kier alpha value is -2.85. The predicted octanol–water partition coefficient (Wildman–Crippen LogP) is 2.03. The molecule has 15 heteroatoms. The lowest BCUT2D eigenvalue weighted by atomic mass is 9.51. The van der Waals surface area contributed by atoms with Gasteiger partial charge >= 0.3 is 0 Å². The molecule has 5 rings (SSSR count). The number of nitrogens with two attached hydrogens (primary N) is 2. The summed E-state index contributed by atoms with van der Waals surface area (Å²) in [7, 11) is 1.67. The fourth-order valence-electron chi connectivity index (χ4n) is 9.86. The lowest BCUT2D eigenvalue weighted by Crippen LogP contribution is -2.62. The first kappa shape index (κ1) is 45.2. The monoisotopic (exact) mass is 804 g/mol. The van der Waals surface area contributed by atoms with Crippen LogP contribution < -0.4 is 32.7 Å². The van der Waals surface area contributed by atoms with E-state index < -0.39 is 65.9 Å². The Labute approximate surface area is 339 Å². The molecule has 3 saturated carbocycles. The van der Waals surface area contributed by atoms with E-state index in [4.69, 9.17) is 25.7 Å². The Morgan fingerprint density at radius 2 is 1.49 bits per heavy atom. The Balaban J connectivity index is 1.42. The van der Waals surface area contributed by atoms with Gasteiger partial charge in [-0.05, 0) is 82.0 Å². The van der Waals surface area contributed by atoms with Gasteiger partial charge in [-0.3, -0.25) is 24.0 Å².